The molecule has 2 aromatic rings. The molecular formula is C22H27N3O2. The number of nitrogens with one attached hydrogen (secondary N) is 1. The molecule has 1 fully saturated rings. The van der Waals surface area contributed by atoms with E-state index in [1.807, 2.05) is 44.4 Å². The van der Waals surface area contributed by atoms with Gasteiger partial charge in [-0.25, -0.2) is 0 Å². The number of hydrogen-bond acceptors (Lipinski definition) is 3. The molecule has 0 saturated carbocycles. The first-order chi connectivity index (χ1) is 13.0. The second-order valence-corrected chi connectivity index (χ2v) is 7.29. The average Bonchev–Trinajstić information content (AvgIpc) is 3.05. The van der Waals surface area contributed by atoms with Gasteiger partial charge in [-0.05, 0) is 45.1 Å². The van der Waals surface area contributed by atoms with Crippen LogP contribution in [-0.2, 0) is 9.59 Å². The minimum absolute atomic E-state index is 0.00374. The van der Waals surface area contributed by atoms with E-state index < -0.39 is 6.04 Å². The number of benzene rings is 2. The molecule has 5 nitrogen and oxygen atoms in total. The monoisotopic (exact) mass is 365 g/mol. The molecular weight excluding hydrogens is 338 g/mol. The van der Waals surface area contributed by atoms with E-state index in [4.69, 9.17) is 0 Å². The van der Waals surface area contributed by atoms with Crippen molar-refractivity contribution in [1.82, 2.24) is 10.2 Å². The van der Waals surface area contributed by atoms with Crippen molar-refractivity contribution in [2.45, 2.75) is 31.8 Å². The van der Waals surface area contributed by atoms with Gasteiger partial charge in [-0.3, -0.25) is 14.5 Å². The van der Waals surface area contributed by atoms with Crippen molar-refractivity contribution < 1.29 is 9.59 Å². The van der Waals surface area contributed by atoms with Gasteiger partial charge in [-0.1, -0.05) is 48.0 Å². The normalized spacial score (nSPS) is 18.0. The first kappa shape index (κ1) is 19.1. The molecule has 1 N–H and O–H groups in total. The summed E-state index contributed by atoms with van der Waals surface area (Å²) in [6.45, 7) is 2.56. The van der Waals surface area contributed by atoms with Gasteiger partial charge in [0.2, 0.25) is 11.8 Å². The van der Waals surface area contributed by atoms with E-state index in [1.165, 1.54) is 5.56 Å². The molecule has 1 heterocycles. The zero-order chi connectivity index (χ0) is 19.4. The Morgan fingerprint density at radius 1 is 1.15 bits per heavy atom. The van der Waals surface area contributed by atoms with Gasteiger partial charge >= 0.3 is 0 Å². The molecule has 27 heavy (non-hydrogen) atoms. The van der Waals surface area contributed by atoms with Crippen LogP contribution in [0.2, 0.25) is 0 Å². The van der Waals surface area contributed by atoms with Gasteiger partial charge in [0, 0.05) is 18.7 Å². The summed E-state index contributed by atoms with van der Waals surface area (Å²) >= 11 is 0. The van der Waals surface area contributed by atoms with Crippen LogP contribution in [0.3, 0.4) is 0 Å². The predicted molar refractivity (Wildman–Crippen MR) is 108 cm³/mol. The maximum Gasteiger partial charge on any atom is 0.243 e. The summed E-state index contributed by atoms with van der Waals surface area (Å²) in [7, 11) is 4.01. The fraction of sp³-hybridized carbons (Fsp3) is 0.364. The average molecular weight is 365 g/mol. The summed E-state index contributed by atoms with van der Waals surface area (Å²) in [5.74, 6) is -0.0901. The number of likely N-dealkylation sites (N-methyl/N-ethyl adjacent to an activating group) is 1. The molecule has 0 spiro atoms. The third kappa shape index (κ3) is 4.37. The summed E-state index contributed by atoms with van der Waals surface area (Å²) in [5.41, 5.74) is 3.15. The van der Waals surface area contributed by atoms with E-state index in [9.17, 15) is 9.59 Å². The van der Waals surface area contributed by atoms with Gasteiger partial charge in [-0.15, -0.1) is 0 Å². The number of amides is 2. The van der Waals surface area contributed by atoms with Crippen LogP contribution in [-0.4, -0.2) is 43.4 Å². The van der Waals surface area contributed by atoms with Gasteiger partial charge in [0.05, 0.1) is 6.04 Å². The first-order valence-electron chi connectivity index (χ1n) is 9.35. The van der Waals surface area contributed by atoms with Crippen molar-refractivity contribution in [2.75, 3.05) is 25.5 Å². The highest BCUT2D eigenvalue weighted by atomic mass is 16.2. The topological polar surface area (TPSA) is 52.7 Å². The molecule has 142 valence electrons. The van der Waals surface area contributed by atoms with Gasteiger partial charge in [0.15, 0.2) is 0 Å². The molecule has 0 aliphatic carbocycles. The zero-order valence-electron chi connectivity index (χ0n) is 16.2. The van der Waals surface area contributed by atoms with Crippen LogP contribution in [0.1, 0.15) is 30.0 Å². The number of anilines is 1. The number of aryl methyl sites for hydroxylation is 1. The van der Waals surface area contributed by atoms with Crippen LogP contribution in [0.4, 0.5) is 5.69 Å². The molecule has 2 amide bonds. The van der Waals surface area contributed by atoms with Crippen molar-refractivity contribution in [3.05, 3.63) is 65.7 Å². The summed E-state index contributed by atoms with van der Waals surface area (Å²) in [6, 6.07) is 17.4. The van der Waals surface area contributed by atoms with Crippen molar-refractivity contribution in [3.8, 4) is 0 Å². The lowest BCUT2D eigenvalue weighted by molar-refractivity contribution is -0.124. The van der Waals surface area contributed by atoms with Crippen molar-refractivity contribution in [2.24, 2.45) is 0 Å². The van der Waals surface area contributed by atoms with E-state index in [0.717, 1.165) is 11.3 Å². The first-order valence-corrected chi connectivity index (χ1v) is 9.35. The minimum atomic E-state index is -0.444. The largest absolute Gasteiger partial charge is 0.352 e. The Labute approximate surface area is 161 Å². The Balaban J connectivity index is 1.70. The lowest BCUT2D eigenvalue weighted by Crippen LogP contribution is -2.46. The van der Waals surface area contributed by atoms with Gasteiger partial charge in [-0.2, -0.15) is 0 Å². The van der Waals surface area contributed by atoms with E-state index in [1.54, 1.807) is 4.90 Å². The standard InChI is InChI=1S/C22H27N3O2/c1-16-9-11-17(12-10-16)20(24(2)3)15-23-22(27)19-13-14-21(26)25(19)18-7-5-4-6-8-18/h4-12,19-20H,13-15H2,1-3H3,(H,23,27). The third-order valence-electron chi connectivity index (χ3n) is 5.10. The van der Waals surface area contributed by atoms with Gasteiger partial charge < -0.3 is 10.2 Å². The molecule has 1 saturated heterocycles. The third-order valence-corrected chi connectivity index (χ3v) is 5.10. The Kier molecular flexibility index (Phi) is 5.91. The molecule has 2 aromatic carbocycles. The molecule has 2 unspecified atom stereocenters. The van der Waals surface area contributed by atoms with E-state index in [0.29, 0.717) is 19.4 Å². The van der Waals surface area contributed by atoms with Crippen LogP contribution < -0.4 is 10.2 Å². The highest BCUT2D eigenvalue weighted by Crippen LogP contribution is 2.27. The predicted octanol–water partition coefficient (Wildman–Crippen LogP) is 2.91. The Hall–Kier alpha value is -2.66. The Bertz CT molecular complexity index is 787. The van der Waals surface area contributed by atoms with Gasteiger partial charge in [0.25, 0.3) is 0 Å². The quantitative estimate of drug-likeness (QED) is 0.856. The number of rotatable bonds is 6. The highest BCUT2D eigenvalue weighted by molar-refractivity contribution is 6.03. The fourth-order valence-corrected chi connectivity index (χ4v) is 3.55. The number of para-hydroxylation sites is 1. The molecule has 2 atom stereocenters. The number of carbonyl (C=O) groups excluding carboxylic acids is 2. The molecule has 1 aliphatic heterocycles. The second-order valence-electron chi connectivity index (χ2n) is 7.29. The van der Waals surface area contributed by atoms with E-state index in [2.05, 4.69) is 41.4 Å². The lowest BCUT2D eigenvalue weighted by Gasteiger charge is -2.28. The van der Waals surface area contributed by atoms with Crippen LogP contribution in [0, 0.1) is 6.92 Å². The summed E-state index contributed by atoms with van der Waals surface area (Å²) in [4.78, 5) is 28.9. The summed E-state index contributed by atoms with van der Waals surface area (Å²) in [5, 5.41) is 3.06. The Morgan fingerprint density at radius 3 is 2.44 bits per heavy atom. The molecule has 0 aromatic heterocycles. The number of carbonyl (C=O) groups is 2. The minimum Gasteiger partial charge on any atom is -0.352 e. The van der Waals surface area contributed by atoms with Crippen LogP contribution in [0.25, 0.3) is 0 Å². The highest BCUT2D eigenvalue weighted by Gasteiger charge is 2.37. The number of nitrogens with zero attached hydrogens (tertiary/aromatic N) is 2. The van der Waals surface area contributed by atoms with E-state index >= 15 is 0 Å². The van der Waals surface area contributed by atoms with Gasteiger partial charge in [0.1, 0.15) is 6.04 Å². The van der Waals surface area contributed by atoms with Crippen LogP contribution >= 0.6 is 0 Å². The maximum absolute atomic E-state index is 12.9. The fourth-order valence-electron chi connectivity index (χ4n) is 3.55. The maximum atomic E-state index is 12.9. The SMILES string of the molecule is Cc1ccc(C(CNC(=O)C2CCC(=O)N2c2ccccc2)N(C)C)cc1. The molecule has 5 heteroatoms. The van der Waals surface area contributed by atoms with E-state index in [-0.39, 0.29) is 17.9 Å². The summed E-state index contributed by atoms with van der Waals surface area (Å²) < 4.78 is 0. The Morgan fingerprint density at radius 2 is 1.81 bits per heavy atom. The van der Waals surface area contributed by atoms with Crippen LogP contribution in [0.5, 0.6) is 0 Å². The summed E-state index contributed by atoms with van der Waals surface area (Å²) in [6.07, 6.45) is 0.957. The lowest BCUT2D eigenvalue weighted by atomic mass is 10.0. The number of hydrogen-bond donors (Lipinski definition) is 1. The smallest absolute Gasteiger partial charge is 0.243 e. The molecule has 1 aliphatic rings. The molecule has 3 rings (SSSR count). The molecule has 0 bridgehead atoms. The second kappa shape index (κ2) is 8.35. The van der Waals surface area contributed by atoms with Crippen molar-refractivity contribution in [1.29, 1.82) is 0 Å². The van der Waals surface area contributed by atoms with Crippen LogP contribution in [0.15, 0.2) is 54.6 Å². The van der Waals surface area contributed by atoms with Crippen molar-refractivity contribution in [3.63, 3.8) is 0 Å². The van der Waals surface area contributed by atoms with Crippen molar-refractivity contribution >= 4 is 17.5 Å². The molecule has 0 radical (unpaired) electrons. The zero-order valence-corrected chi connectivity index (χ0v) is 16.2.